The number of hydrazine groups is 1. The lowest BCUT2D eigenvalue weighted by atomic mass is 10.1. The third-order valence-electron chi connectivity index (χ3n) is 6.47. The van der Waals surface area contributed by atoms with Gasteiger partial charge >= 0.3 is 0 Å². The van der Waals surface area contributed by atoms with E-state index in [1.54, 1.807) is 18.9 Å². The van der Waals surface area contributed by atoms with Crippen molar-refractivity contribution in [3.8, 4) is 0 Å². The Labute approximate surface area is 207 Å². The quantitative estimate of drug-likeness (QED) is 0.480. The zero-order valence-electron chi connectivity index (χ0n) is 21.1. The summed E-state index contributed by atoms with van der Waals surface area (Å²) in [6, 6.07) is 7.59. The number of likely N-dealkylation sites (N-methyl/N-ethyl adjacent to an activating group) is 1. The van der Waals surface area contributed by atoms with Crippen molar-refractivity contribution in [1.29, 1.82) is 0 Å². The average Bonchev–Trinajstić information content (AvgIpc) is 3.25. The van der Waals surface area contributed by atoms with E-state index in [9.17, 15) is 19.2 Å². The minimum atomic E-state index is -0.931. The lowest BCUT2D eigenvalue weighted by molar-refractivity contribution is -0.160. The van der Waals surface area contributed by atoms with Crippen LogP contribution < -0.4 is 16.0 Å². The first-order valence-electron chi connectivity index (χ1n) is 12.4. The predicted octanol–water partition coefficient (Wildman–Crippen LogP) is 0.102. The fourth-order valence-corrected chi connectivity index (χ4v) is 4.47. The second-order valence-electron chi connectivity index (χ2n) is 9.66. The van der Waals surface area contributed by atoms with Crippen LogP contribution in [0.15, 0.2) is 30.3 Å². The van der Waals surface area contributed by atoms with Crippen molar-refractivity contribution < 1.29 is 19.2 Å². The van der Waals surface area contributed by atoms with Crippen molar-refractivity contribution >= 4 is 23.6 Å². The van der Waals surface area contributed by atoms with Gasteiger partial charge < -0.3 is 20.9 Å². The first-order valence-corrected chi connectivity index (χ1v) is 12.4. The first kappa shape index (κ1) is 26.6. The van der Waals surface area contributed by atoms with E-state index in [1.165, 1.54) is 5.01 Å². The maximum Gasteiger partial charge on any atom is 0.262 e. The average molecular weight is 487 g/mol. The van der Waals surface area contributed by atoms with Crippen molar-refractivity contribution in [3.63, 3.8) is 0 Å². The van der Waals surface area contributed by atoms with Gasteiger partial charge in [-0.3, -0.25) is 24.2 Å². The standard InChI is InChI=1S/C25H38N6O4/c1-17(2)14-22(32)28-20-16-29(24(34)18(3)26-4)12-13-30-11-10-21(31(30)25(20)35)23(33)27-15-19-8-6-5-7-9-19/h5-9,17-18,20-21,26H,10-16H2,1-4H3,(H,27,33)(H,28,32)/t18-,20+,21+/m1/s1. The number of carbonyl (C=O) groups is 4. The second kappa shape index (κ2) is 12.1. The van der Waals surface area contributed by atoms with Crippen molar-refractivity contribution in [2.24, 2.45) is 5.92 Å². The van der Waals surface area contributed by atoms with Crippen molar-refractivity contribution in [2.75, 3.05) is 33.2 Å². The summed E-state index contributed by atoms with van der Waals surface area (Å²) in [5, 5.41) is 12.1. The number of nitrogens with zero attached hydrogens (tertiary/aromatic N) is 3. The molecule has 4 amide bonds. The highest BCUT2D eigenvalue weighted by Crippen LogP contribution is 2.22. The van der Waals surface area contributed by atoms with E-state index in [0.29, 0.717) is 32.6 Å². The van der Waals surface area contributed by atoms with E-state index in [4.69, 9.17) is 0 Å². The van der Waals surface area contributed by atoms with Gasteiger partial charge in [0.2, 0.25) is 17.7 Å². The first-order chi connectivity index (χ1) is 16.7. The molecule has 35 heavy (non-hydrogen) atoms. The SMILES string of the molecule is CN[C@H](C)C(=O)N1CCN2CC[C@@H](C(=O)NCc3ccccc3)N2C(=O)[C@@H](NC(=O)CC(C)C)C1. The van der Waals surface area contributed by atoms with Crippen LogP contribution in [-0.2, 0) is 25.7 Å². The van der Waals surface area contributed by atoms with Crippen LogP contribution in [0.4, 0.5) is 0 Å². The van der Waals surface area contributed by atoms with Crippen LogP contribution in [0.5, 0.6) is 0 Å². The second-order valence-corrected chi connectivity index (χ2v) is 9.66. The molecule has 3 rings (SSSR count). The predicted molar refractivity (Wildman–Crippen MR) is 132 cm³/mol. The Hall–Kier alpha value is -2.98. The molecular weight excluding hydrogens is 448 g/mol. The minimum Gasteiger partial charge on any atom is -0.350 e. The maximum absolute atomic E-state index is 13.7. The largest absolute Gasteiger partial charge is 0.350 e. The zero-order chi connectivity index (χ0) is 25.5. The molecule has 2 fully saturated rings. The Morgan fingerprint density at radius 3 is 2.43 bits per heavy atom. The normalized spacial score (nSPS) is 21.8. The molecule has 0 unspecified atom stereocenters. The fraction of sp³-hybridized carbons (Fsp3) is 0.600. The van der Waals surface area contributed by atoms with Crippen molar-refractivity contribution in [1.82, 2.24) is 30.9 Å². The maximum atomic E-state index is 13.7. The fourth-order valence-electron chi connectivity index (χ4n) is 4.47. The van der Waals surface area contributed by atoms with E-state index in [0.717, 1.165) is 5.56 Å². The molecule has 0 aromatic heterocycles. The molecule has 192 valence electrons. The summed E-state index contributed by atoms with van der Waals surface area (Å²) in [6.45, 7) is 7.41. The monoisotopic (exact) mass is 486 g/mol. The topological polar surface area (TPSA) is 114 Å². The Morgan fingerprint density at radius 1 is 1.06 bits per heavy atom. The van der Waals surface area contributed by atoms with E-state index < -0.39 is 18.1 Å². The highest BCUT2D eigenvalue weighted by molar-refractivity contribution is 5.93. The van der Waals surface area contributed by atoms with Gasteiger partial charge in [0.1, 0.15) is 12.1 Å². The third kappa shape index (κ3) is 6.79. The number of hydrogen-bond donors (Lipinski definition) is 3. The van der Waals surface area contributed by atoms with Crippen LogP contribution in [-0.4, -0.2) is 89.9 Å². The molecule has 0 spiro atoms. The summed E-state index contributed by atoms with van der Waals surface area (Å²) >= 11 is 0. The van der Waals surface area contributed by atoms with Gasteiger partial charge in [-0.2, -0.15) is 0 Å². The molecule has 0 bridgehead atoms. The van der Waals surface area contributed by atoms with E-state index in [2.05, 4.69) is 16.0 Å². The van der Waals surface area contributed by atoms with Gasteiger partial charge in [0.05, 0.1) is 12.6 Å². The number of nitrogens with one attached hydrogen (secondary N) is 3. The van der Waals surface area contributed by atoms with E-state index in [1.807, 2.05) is 49.2 Å². The molecule has 2 aliphatic rings. The number of fused-ring (bicyclic) bond motifs is 1. The van der Waals surface area contributed by atoms with Crippen LogP contribution in [0.3, 0.4) is 0 Å². The van der Waals surface area contributed by atoms with E-state index >= 15 is 0 Å². The molecule has 2 aliphatic heterocycles. The van der Waals surface area contributed by atoms with Gasteiger partial charge in [0, 0.05) is 32.6 Å². The lowest BCUT2D eigenvalue weighted by Crippen LogP contribution is -2.64. The highest BCUT2D eigenvalue weighted by Gasteiger charge is 2.44. The van der Waals surface area contributed by atoms with Crippen LogP contribution in [0.2, 0.25) is 0 Å². The molecule has 2 heterocycles. The summed E-state index contributed by atoms with van der Waals surface area (Å²) in [7, 11) is 1.71. The van der Waals surface area contributed by atoms with Crippen LogP contribution in [0.1, 0.15) is 39.2 Å². The summed E-state index contributed by atoms with van der Waals surface area (Å²) in [5.74, 6) is -0.846. The lowest BCUT2D eigenvalue weighted by Gasteiger charge is -2.40. The molecule has 0 radical (unpaired) electrons. The number of carbonyl (C=O) groups excluding carboxylic acids is 4. The van der Waals surface area contributed by atoms with Crippen molar-refractivity contribution in [3.05, 3.63) is 35.9 Å². The van der Waals surface area contributed by atoms with Crippen LogP contribution in [0.25, 0.3) is 0 Å². The molecule has 0 saturated carbocycles. The molecule has 0 aliphatic carbocycles. The Morgan fingerprint density at radius 2 is 1.77 bits per heavy atom. The highest BCUT2D eigenvalue weighted by atomic mass is 16.2. The molecule has 3 N–H and O–H groups in total. The van der Waals surface area contributed by atoms with Crippen LogP contribution >= 0.6 is 0 Å². The molecule has 10 nitrogen and oxygen atoms in total. The molecule has 2 saturated heterocycles. The molecule has 10 heteroatoms. The van der Waals surface area contributed by atoms with Gasteiger partial charge in [-0.15, -0.1) is 0 Å². The van der Waals surface area contributed by atoms with Gasteiger partial charge in [-0.05, 0) is 31.9 Å². The summed E-state index contributed by atoms with van der Waals surface area (Å²) < 4.78 is 0. The Balaban J connectivity index is 1.79. The number of hydrogen-bond acceptors (Lipinski definition) is 6. The summed E-state index contributed by atoms with van der Waals surface area (Å²) in [5.41, 5.74) is 0.973. The molecule has 3 atom stereocenters. The van der Waals surface area contributed by atoms with Gasteiger partial charge in [0.25, 0.3) is 5.91 Å². The summed E-state index contributed by atoms with van der Waals surface area (Å²) in [4.78, 5) is 54.0. The molecule has 1 aromatic rings. The van der Waals surface area contributed by atoms with Crippen molar-refractivity contribution in [2.45, 2.75) is 58.3 Å². The smallest absolute Gasteiger partial charge is 0.262 e. The Bertz CT molecular complexity index is 908. The van der Waals surface area contributed by atoms with Gasteiger partial charge in [-0.1, -0.05) is 44.2 Å². The number of benzene rings is 1. The van der Waals surface area contributed by atoms with Crippen LogP contribution in [0, 0.1) is 5.92 Å². The van der Waals surface area contributed by atoms with Gasteiger partial charge in [-0.25, -0.2) is 5.01 Å². The zero-order valence-corrected chi connectivity index (χ0v) is 21.1. The number of amides is 4. The number of rotatable bonds is 8. The molecular formula is C25H38N6O4. The minimum absolute atomic E-state index is 0.0657. The van der Waals surface area contributed by atoms with E-state index in [-0.39, 0.29) is 42.5 Å². The Kier molecular flexibility index (Phi) is 9.22. The molecule has 1 aromatic carbocycles. The van der Waals surface area contributed by atoms with Gasteiger partial charge in [0.15, 0.2) is 0 Å². The summed E-state index contributed by atoms with van der Waals surface area (Å²) in [6.07, 6.45) is 0.759. The third-order valence-corrected chi connectivity index (χ3v) is 6.47.